The Kier molecular flexibility index (Phi) is 7.64. The third-order valence-corrected chi connectivity index (χ3v) is 6.03. The molecule has 3 aromatic rings. The fourth-order valence-electron chi connectivity index (χ4n) is 4.06. The Labute approximate surface area is 203 Å². The molecule has 2 aromatic carbocycles. The van der Waals surface area contributed by atoms with Crippen LogP contribution in [-0.2, 0) is 4.79 Å². The molecule has 0 aliphatic carbocycles. The van der Waals surface area contributed by atoms with Crippen LogP contribution in [-0.4, -0.2) is 71.1 Å². The number of halogens is 2. The number of benzene rings is 2. The van der Waals surface area contributed by atoms with Crippen LogP contribution >= 0.6 is 0 Å². The number of likely N-dealkylation sites (N-methyl/N-ethyl adjacent to an activating group) is 1. The smallest absolute Gasteiger partial charge is 0.254 e. The van der Waals surface area contributed by atoms with E-state index in [1.807, 2.05) is 12.1 Å². The van der Waals surface area contributed by atoms with Gasteiger partial charge in [-0.3, -0.25) is 9.59 Å². The van der Waals surface area contributed by atoms with Gasteiger partial charge in [0.05, 0.1) is 5.69 Å². The first-order valence-corrected chi connectivity index (χ1v) is 11.6. The van der Waals surface area contributed by atoms with E-state index in [2.05, 4.69) is 15.1 Å². The second-order valence-electron chi connectivity index (χ2n) is 8.33. The molecule has 0 radical (unpaired) electrons. The van der Waals surface area contributed by atoms with Crippen molar-refractivity contribution in [3.63, 3.8) is 0 Å². The fourth-order valence-corrected chi connectivity index (χ4v) is 4.06. The molecule has 0 N–H and O–H groups in total. The molecule has 1 aliphatic rings. The van der Waals surface area contributed by atoms with E-state index in [1.165, 1.54) is 35.2 Å². The van der Waals surface area contributed by atoms with E-state index in [0.29, 0.717) is 44.2 Å². The molecule has 7 nitrogen and oxygen atoms in total. The molecule has 2 amide bonds. The third kappa shape index (κ3) is 5.98. The Hall–Kier alpha value is -3.88. The quantitative estimate of drug-likeness (QED) is 0.540. The highest BCUT2D eigenvalue weighted by Gasteiger charge is 2.24. The standard InChI is InChI=1S/C26H27F2N5O2/c1-2-31(26(35)20-5-3-6-22(28)17-20)18-25(34)33-14-4-13-32(15-16-33)24-12-11-23(29-30-24)19-7-9-21(27)10-8-19/h3,5-12,17H,2,4,13-16,18H2,1H3. The minimum absolute atomic E-state index is 0.0575. The van der Waals surface area contributed by atoms with Gasteiger partial charge in [0.1, 0.15) is 18.2 Å². The van der Waals surface area contributed by atoms with E-state index < -0.39 is 5.82 Å². The number of hydrogen-bond donors (Lipinski definition) is 0. The number of amides is 2. The van der Waals surface area contributed by atoms with Gasteiger partial charge in [-0.2, -0.15) is 0 Å². The summed E-state index contributed by atoms with van der Waals surface area (Å²) in [7, 11) is 0. The molecular formula is C26H27F2N5O2. The van der Waals surface area contributed by atoms with Crippen molar-refractivity contribution in [2.24, 2.45) is 0 Å². The summed E-state index contributed by atoms with van der Waals surface area (Å²) in [6.45, 7) is 4.44. The number of aromatic nitrogens is 2. The lowest BCUT2D eigenvalue weighted by molar-refractivity contribution is -0.131. The van der Waals surface area contributed by atoms with Crippen LogP contribution < -0.4 is 4.90 Å². The lowest BCUT2D eigenvalue weighted by Crippen LogP contribution is -2.44. The first kappa shape index (κ1) is 24.3. The summed E-state index contributed by atoms with van der Waals surface area (Å²) in [6.07, 6.45) is 0.747. The molecule has 0 unspecified atom stereocenters. The number of rotatable bonds is 6. The molecule has 35 heavy (non-hydrogen) atoms. The molecule has 1 saturated heterocycles. The van der Waals surface area contributed by atoms with Crippen LogP contribution in [0.1, 0.15) is 23.7 Å². The van der Waals surface area contributed by atoms with Crippen LogP contribution in [0.2, 0.25) is 0 Å². The molecule has 0 bridgehead atoms. The Morgan fingerprint density at radius 2 is 1.71 bits per heavy atom. The van der Waals surface area contributed by atoms with Gasteiger partial charge in [0.15, 0.2) is 5.82 Å². The minimum Gasteiger partial charge on any atom is -0.353 e. The van der Waals surface area contributed by atoms with Crippen LogP contribution in [0.15, 0.2) is 60.7 Å². The summed E-state index contributed by atoms with van der Waals surface area (Å²) >= 11 is 0. The van der Waals surface area contributed by atoms with Crippen LogP contribution in [0.3, 0.4) is 0 Å². The molecule has 0 spiro atoms. The summed E-state index contributed by atoms with van der Waals surface area (Å²) in [4.78, 5) is 31.0. The van der Waals surface area contributed by atoms with Gasteiger partial charge in [0.2, 0.25) is 5.91 Å². The number of hydrogen-bond acceptors (Lipinski definition) is 5. The molecule has 182 valence electrons. The van der Waals surface area contributed by atoms with Crippen LogP contribution in [0.4, 0.5) is 14.6 Å². The zero-order valence-corrected chi connectivity index (χ0v) is 19.5. The van der Waals surface area contributed by atoms with E-state index in [-0.39, 0.29) is 29.7 Å². The summed E-state index contributed by atoms with van der Waals surface area (Å²) in [5.74, 6) is -0.590. The first-order valence-electron chi connectivity index (χ1n) is 11.6. The molecule has 9 heteroatoms. The molecule has 1 aliphatic heterocycles. The molecule has 1 fully saturated rings. The van der Waals surface area contributed by atoms with Crippen LogP contribution in [0.25, 0.3) is 11.3 Å². The largest absolute Gasteiger partial charge is 0.353 e. The van der Waals surface area contributed by atoms with Gasteiger partial charge < -0.3 is 14.7 Å². The highest BCUT2D eigenvalue weighted by atomic mass is 19.1. The average molecular weight is 480 g/mol. The molecule has 4 rings (SSSR count). The molecular weight excluding hydrogens is 452 g/mol. The van der Waals surface area contributed by atoms with Gasteiger partial charge in [-0.15, -0.1) is 10.2 Å². The van der Waals surface area contributed by atoms with Gasteiger partial charge in [-0.05, 0) is 67.9 Å². The van der Waals surface area contributed by atoms with E-state index in [0.717, 1.165) is 12.0 Å². The summed E-state index contributed by atoms with van der Waals surface area (Å²) < 4.78 is 26.7. The third-order valence-electron chi connectivity index (χ3n) is 6.03. The number of nitrogens with zero attached hydrogens (tertiary/aromatic N) is 5. The number of carbonyl (C=O) groups is 2. The SMILES string of the molecule is CCN(CC(=O)N1CCCN(c2ccc(-c3ccc(F)cc3)nn2)CC1)C(=O)c1cccc(F)c1. The average Bonchev–Trinajstić information content (AvgIpc) is 3.14. The zero-order chi connectivity index (χ0) is 24.8. The van der Waals surface area contributed by atoms with Gasteiger partial charge in [-0.25, -0.2) is 8.78 Å². The topological polar surface area (TPSA) is 69.6 Å². The van der Waals surface area contributed by atoms with Crippen LogP contribution in [0.5, 0.6) is 0 Å². The van der Waals surface area contributed by atoms with Crippen molar-refractivity contribution in [3.8, 4) is 11.3 Å². The van der Waals surface area contributed by atoms with Crippen molar-refractivity contribution in [2.75, 3.05) is 44.2 Å². The van der Waals surface area contributed by atoms with E-state index >= 15 is 0 Å². The molecule has 0 atom stereocenters. The van der Waals surface area contributed by atoms with Gasteiger partial charge in [-0.1, -0.05) is 6.07 Å². The molecule has 2 heterocycles. The summed E-state index contributed by atoms with van der Waals surface area (Å²) in [5, 5.41) is 8.61. The number of carbonyl (C=O) groups excluding carboxylic acids is 2. The van der Waals surface area contributed by atoms with Crippen molar-refractivity contribution in [1.29, 1.82) is 0 Å². The maximum Gasteiger partial charge on any atom is 0.254 e. The normalized spacial score (nSPS) is 13.9. The highest BCUT2D eigenvalue weighted by molar-refractivity contribution is 5.96. The van der Waals surface area contributed by atoms with Crippen molar-refractivity contribution in [1.82, 2.24) is 20.0 Å². The van der Waals surface area contributed by atoms with Gasteiger partial charge >= 0.3 is 0 Å². The maximum atomic E-state index is 13.5. The summed E-state index contributed by atoms with van der Waals surface area (Å²) in [6, 6.07) is 15.3. The fraction of sp³-hybridized carbons (Fsp3) is 0.308. The Balaban J connectivity index is 1.36. The predicted octanol–water partition coefficient (Wildman–Crippen LogP) is 3.62. The first-order chi connectivity index (χ1) is 16.9. The second kappa shape index (κ2) is 11.0. The lowest BCUT2D eigenvalue weighted by Gasteiger charge is -2.26. The van der Waals surface area contributed by atoms with E-state index in [4.69, 9.17) is 0 Å². The van der Waals surface area contributed by atoms with Crippen molar-refractivity contribution < 1.29 is 18.4 Å². The van der Waals surface area contributed by atoms with Crippen molar-refractivity contribution >= 4 is 17.6 Å². The Morgan fingerprint density at radius 3 is 2.40 bits per heavy atom. The molecule has 1 aromatic heterocycles. The maximum absolute atomic E-state index is 13.5. The Bertz CT molecular complexity index is 1170. The van der Waals surface area contributed by atoms with Gasteiger partial charge in [0, 0.05) is 43.9 Å². The van der Waals surface area contributed by atoms with Gasteiger partial charge in [0.25, 0.3) is 5.91 Å². The number of anilines is 1. The molecule has 0 saturated carbocycles. The van der Waals surface area contributed by atoms with E-state index in [9.17, 15) is 18.4 Å². The minimum atomic E-state index is -0.486. The lowest BCUT2D eigenvalue weighted by atomic mass is 10.1. The van der Waals surface area contributed by atoms with Crippen molar-refractivity contribution in [2.45, 2.75) is 13.3 Å². The monoisotopic (exact) mass is 479 g/mol. The van der Waals surface area contributed by atoms with E-state index in [1.54, 1.807) is 30.0 Å². The highest BCUT2D eigenvalue weighted by Crippen LogP contribution is 2.20. The zero-order valence-electron chi connectivity index (χ0n) is 19.5. The Morgan fingerprint density at radius 1 is 0.914 bits per heavy atom. The van der Waals surface area contributed by atoms with Crippen LogP contribution in [0, 0.1) is 11.6 Å². The van der Waals surface area contributed by atoms with Crippen molar-refractivity contribution in [3.05, 3.63) is 77.9 Å². The summed E-state index contributed by atoms with van der Waals surface area (Å²) in [5.41, 5.74) is 1.67. The predicted molar refractivity (Wildman–Crippen MR) is 129 cm³/mol. The second-order valence-corrected chi connectivity index (χ2v) is 8.33.